The summed E-state index contributed by atoms with van der Waals surface area (Å²) in [6.45, 7) is 3.01. The molecule has 19 heteroatoms. The smallest absolute Gasteiger partial charge is 0.350 e. The van der Waals surface area contributed by atoms with Gasteiger partial charge in [0.05, 0.1) is 24.8 Å². The number of piperidine rings is 1. The van der Waals surface area contributed by atoms with Gasteiger partial charge in [-0.1, -0.05) is 5.16 Å². The molecule has 5 heterocycles. The number of carboxylic acid groups (broad SMARTS) is 1. The fraction of sp³-hybridized carbons (Fsp3) is 0.469. The van der Waals surface area contributed by atoms with Gasteiger partial charge in [0, 0.05) is 54.0 Å². The van der Waals surface area contributed by atoms with Crippen LogP contribution >= 0.6 is 23.1 Å². The first-order valence-corrected chi connectivity index (χ1v) is 18.0. The highest BCUT2D eigenvalue weighted by atomic mass is 32.2. The molecule has 3 fully saturated rings. The molecular weight excluding hydrogens is 710 g/mol. The summed E-state index contributed by atoms with van der Waals surface area (Å²) in [6.07, 6.45) is 3.70. The van der Waals surface area contributed by atoms with Crippen molar-refractivity contribution in [2.45, 2.75) is 74.7 Å². The van der Waals surface area contributed by atoms with E-state index in [0.717, 1.165) is 41.9 Å². The van der Waals surface area contributed by atoms with Crippen molar-refractivity contribution in [1.82, 2.24) is 20.5 Å². The van der Waals surface area contributed by atoms with Crippen molar-refractivity contribution < 1.29 is 53.0 Å². The van der Waals surface area contributed by atoms with E-state index in [4.69, 9.17) is 10.6 Å². The lowest BCUT2D eigenvalue weighted by atomic mass is 9.92. The molecule has 0 aliphatic carbocycles. The molecule has 2 bridgehead atoms. The number of likely N-dealkylation sites (N-methyl/N-ethyl adjacent to an activating group) is 1. The van der Waals surface area contributed by atoms with Crippen LogP contribution in [0.1, 0.15) is 55.6 Å². The van der Waals surface area contributed by atoms with Crippen LogP contribution < -0.4 is 16.4 Å². The van der Waals surface area contributed by atoms with Gasteiger partial charge in [-0.05, 0) is 26.0 Å². The van der Waals surface area contributed by atoms with Crippen LogP contribution in [0, 0.1) is 5.82 Å². The number of rotatable bonds is 11. The second kappa shape index (κ2) is 13.4. The molecule has 16 nitrogen and oxygen atoms in total. The molecule has 0 saturated carbocycles. The number of aliphatic carboxylic acids is 1. The molecule has 1 aromatic heterocycles. The molecule has 4 aliphatic rings. The number of carbonyl (C=O) groups is 5. The van der Waals surface area contributed by atoms with E-state index in [0.29, 0.717) is 35.9 Å². The Morgan fingerprint density at radius 3 is 2.49 bits per heavy atom. The number of oxime groups is 1. The molecule has 6 rings (SSSR count). The number of fused-ring (bicyclic) bond motifs is 3. The first-order chi connectivity index (χ1) is 24.0. The Morgan fingerprint density at radius 1 is 1.22 bits per heavy atom. The second-order valence-electron chi connectivity index (χ2n) is 13.7. The zero-order valence-electron chi connectivity index (χ0n) is 27.8. The van der Waals surface area contributed by atoms with Gasteiger partial charge >= 0.3 is 5.97 Å². The summed E-state index contributed by atoms with van der Waals surface area (Å²) in [5.41, 5.74) is 4.59. The van der Waals surface area contributed by atoms with E-state index >= 15 is 0 Å². The molecule has 2 aromatic rings. The summed E-state index contributed by atoms with van der Waals surface area (Å²) in [4.78, 5) is 74.4. The van der Waals surface area contributed by atoms with Crippen LogP contribution in [0.3, 0.4) is 0 Å². The first kappa shape index (κ1) is 36.1. The molecule has 6 atom stereocenters. The maximum Gasteiger partial charge on any atom is 0.350 e. The minimum Gasteiger partial charge on any atom is -0.504 e. The van der Waals surface area contributed by atoms with Gasteiger partial charge in [0.25, 0.3) is 17.7 Å². The van der Waals surface area contributed by atoms with Gasteiger partial charge in [-0.25, -0.2) is 14.2 Å². The van der Waals surface area contributed by atoms with E-state index in [2.05, 4.69) is 27.8 Å². The molecule has 3 saturated heterocycles. The van der Waals surface area contributed by atoms with Crippen LogP contribution in [0.4, 0.5) is 9.52 Å². The average molecular weight is 747 g/mol. The normalized spacial score (nSPS) is 27.4. The fourth-order valence-corrected chi connectivity index (χ4v) is 9.15. The molecule has 272 valence electrons. The summed E-state index contributed by atoms with van der Waals surface area (Å²) in [5, 5.41) is 39.0. The Hall–Kier alpha value is -4.75. The van der Waals surface area contributed by atoms with Gasteiger partial charge < -0.3 is 41.0 Å². The highest BCUT2D eigenvalue weighted by Crippen LogP contribution is 2.45. The lowest BCUT2D eigenvalue weighted by Gasteiger charge is -2.52. The Bertz CT molecular complexity index is 1840. The van der Waals surface area contributed by atoms with Gasteiger partial charge in [0.2, 0.25) is 5.60 Å². The van der Waals surface area contributed by atoms with Crippen LogP contribution in [0.25, 0.3) is 0 Å². The van der Waals surface area contributed by atoms with Gasteiger partial charge in [-0.3, -0.25) is 24.1 Å². The van der Waals surface area contributed by atoms with Gasteiger partial charge in [0.15, 0.2) is 34.4 Å². The largest absolute Gasteiger partial charge is 0.504 e. The number of quaternary nitrogens is 1. The van der Waals surface area contributed by atoms with Crippen molar-refractivity contribution in [3.63, 3.8) is 0 Å². The minimum atomic E-state index is -1.77. The molecule has 0 radical (unpaired) electrons. The number of anilines is 1. The number of allylic oxidation sites excluding steroid dienone is 1. The maximum atomic E-state index is 13.9. The molecule has 4 aliphatic heterocycles. The predicted molar refractivity (Wildman–Crippen MR) is 182 cm³/mol. The van der Waals surface area contributed by atoms with E-state index in [9.17, 15) is 43.7 Å². The quantitative estimate of drug-likeness (QED) is 0.0477. The average Bonchev–Trinajstić information content (AvgIpc) is 3.54. The Labute approximate surface area is 299 Å². The Balaban J connectivity index is 1.13. The molecule has 7 N–H and O–H groups in total. The third-order valence-corrected chi connectivity index (χ3v) is 12.2. The summed E-state index contributed by atoms with van der Waals surface area (Å²) in [5.74, 6) is -5.51. The van der Waals surface area contributed by atoms with E-state index in [1.807, 2.05) is 0 Å². The molecule has 3 amide bonds. The fourth-order valence-electron chi connectivity index (χ4n) is 7.24. The number of aldehydes is 1. The monoisotopic (exact) mass is 746 g/mol. The molecule has 2 unspecified atom stereocenters. The number of phenols is 2. The number of amides is 3. The minimum absolute atomic E-state index is 0.0374. The number of nitrogens with two attached hydrogens (primary N) is 1. The number of phenolic OH excluding ortho intramolecular Hbond substituents is 2. The number of carbonyl (C=O) groups excluding carboxylic acids is 4. The van der Waals surface area contributed by atoms with Crippen LogP contribution in [0.2, 0.25) is 0 Å². The highest BCUT2D eigenvalue weighted by molar-refractivity contribution is 8.00. The number of thiazole rings is 1. The number of hydrogen-bond acceptors (Lipinski definition) is 13. The number of benzene rings is 1. The number of aromatic nitrogens is 1. The van der Waals surface area contributed by atoms with Crippen molar-refractivity contribution in [2.24, 2.45) is 5.16 Å². The number of aromatic hydroxyl groups is 2. The van der Waals surface area contributed by atoms with Gasteiger partial charge in [-0.2, -0.15) is 0 Å². The number of thioether (sulfide) groups is 1. The lowest BCUT2D eigenvalue weighted by Crippen LogP contribution is -2.71. The summed E-state index contributed by atoms with van der Waals surface area (Å²) in [7, 11) is 2.11. The number of nitrogens with one attached hydrogen (secondary N) is 2. The van der Waals surface area contributed by atoms with E-state index in [1.54, 1.807) is 0 Å². The lowest BCUT2D eigenvalue weighted by molar-refractivity contribution is -0.944. The SMILES string of the molecule is CC(C)(O/N=C(\C(=O)N[C@@H]1C(=O)N2C(C=O)=C(C[N+]3(C)[C@@H]4CC[C@H]3CC(NC(=O)c3cc(O)c(O)c(F)c3)C4)CS[C@H]12)c1csc(N)n1)C(=O)O. The molecule has 0 spiro atoms. The van der Waals surface area contributed by atoms with Crippen molar-refractivity contribution in [3.05, 3.63) is 45.9 Å². The Morgan fingerprint density at radius 2 is 1.90 bits per heavy atom. The van der Waals surface area contributed by atoms with Gasteiger partial charge in [0.1, 0.15) is 23.7 Å². The summed E-state index contributed by atoms with van der Waals surface area (Å²) >= 11 is 2.44. The topological polar surface area (TPSA) is 234 Å². The zero-order valence-corrected chi connectivity index (χ0v) is 29.4. The standard InChI is InChI=1S/C32H36FN7O9S2/c1-32(2,30(47)48)49-38-23(20-13-51-31(34)36-20)27(45)37-24-28(46)39-21(11-41)15(12-50-29(24)39)10-40(3)17-4-5-18(40)9-16(8-17)35-26(44)14-6-19(33)25(43)22(42)7-14/h6-7,11,13,16-18,24,29H,4-5,8-10,12H2,1-3H3,(H6-,34,35,36,37,38,42,43,44,45,47,48)/p+1/t16?,17-,18+,24-,29-,40?/m1/s1. The van der Waals surface area contributed by atoms with Crippen molar-refractivity contribution in [1.29, 1.82) is 0 Å². The molecule has 51 heavy (non-hydrogen) atoms. The number of hydrogen-bond donors (Lipinski definition) is 6. The molecule has 1 aromatic carbocycles. The van der Waals surface area contributed by atoms with Crippen molar-refractivity contribution >= 4 is 63.9 Å². The van der Waals surface area contributed by atoms with Crippen LogP contribution in [-0.2, 0) is 24.0 Å². The van der Waals surface area contributed by atoms with Gasteiger partial charge in [-0.15, -0.1) is 23.1 Å². The van der Waals surface area contributed by atoms with Crippen molar-refractivity contribution in [2.75, 3.05) is 25.1 Å². The first-order valence-electron chi connectivity index (χ1n) is 16.0. The highest BCUT2D eigenvalue weighted by Gasteiger charge is 2.56. The Kier molecular flexibility index (Phi) is 9.49. The van der Waals surface area contributed by atoms with Crippen LogP contribution in [-0.4, -0.2) is 120 Å². The third-order valence-electron chi connectivity index (χ3n) is 10.1. The summed E-state index contributed by atoms with van der Waals surface area (Å²) in [6, 6.07) is 0.940. The zero-order chi connectivity index (χ0) is 37.0. The maximum absolute atomic E-state index is 13.9. The van der Waals surface area contributed by atoms with Crippen LogP contribution in [0.5, 0.6) is 11.5 Å². The number of carboxylic acids is 1. The number of β-lactam (4-membered cyclic amide) rings is 1. The number of nitrogens with zero attached hydrogens (tertiary/aromatic N) is 4. The number of halogens is 1. The summed E-state index contributed by atoms with van der Waals surface area (Å²) < 4.78 is 14.6. The number of nitrogen functional groups attached to an aromatic ring is 1. The van der Waals surface area contributed by atoms with Crippen molar-refractivity contribution in [3.8, 4) is 11.5 Å². The second-order valence-corrected chi connectivity index (χ2v) is 15.7. The van der Waals surface area contributed by atoms with Crippen LogP contribution in [0.15, 0.2) is 33.9 Å². The van der Waals surface area contributed by atoms with E-state index in [-0.39, 0.29) is 45.9 Å². The third kappa shape index (κ3) is 6.60. The van der Waals surface area contributed by atoms with E-state index < -0.39 is 58.0 Å². The van der Waals surface area contributed by atoms with E-state index in [1.165, 1.54) is 35.9 Å². The molecular formula is C32H37FN7O9S2+. The predicted octanol–water partition coefficient (Wildman–Crippen LogP) is 1.28.